The van der Waals surface area contributed by atoms with Crippen LogP contribution in [-0.4, -0.2) is 59.3 Å². The Morgan fingerprint density at radius 3 is 2.69 bits per heavy atom. The predicted molar refractivity (Wildman–Crippen MR) is 125 cm³/mol. The highest BCUT2D eigenvalue weighted by Crippen LogP contribution is 2.52. The zero-order valence-electron chi connectivity index (χ0n) is 19.4. The van der Waals surface area contributed by atoms with E-state index >= 15 is 0 Å². The Kier molecular flexibility index (Phi) is 6.97. The average molecular weight is 504 g/mol. The second-order valence-electron chi connectivity index (χ2n) is 8.89. The van der Waals surface area contributed by atoms with Crippen LogP contribution < -0.4 is 14.2 Å². The molecule has 2 heterocycles. The Morgan fingerprint density at radius 1 is 1.11 bits per heavy atom. The van der Waals surface area contributed by atoms with Crippen molar-refractivity contribution in [1.29, 1.82) is 0 Å². The molecular formula is C25H29NO8S. The van der Waals surface area contributed by atoms with Crippen LogP contribution in [0.1, 0.15) is 37.2 Å². The number of ether oxygens (including phenoxy) is 5. The molecule has 0 spiro atoms. The van der Waals surface area contributed by atoms with E-state index in [9.17, 15) is 13.2 Å². The van der Waals surface area contributed by atoms with Gasteiger partial charge in [0.25, 0.3) is 0 Å². The van der Waals surface area contributed by atoms with E-state index in [0.29, 0.717) is 24.5 Å². The summed E-state index contributed by atoms with van der Waals surface area (Å²) < 4.78 is 58.1. The molecule has 0 bridgehead atoms. The van der Waals surface area contributed by atoms with E-state index < -0.39 is 28.1 Å². The van der Waals surface area contributed by atoms with Crippen LogP contribution in [-0.2, 0) is 29.0 Å². The summed E-state index contributed by atoms with van der Waals surface area (Å²) in [5, 5.41) is 0. The summed E-state index contributed by atoms with van der Waals surface area (Å²) in [7, 11) is -2.52. The number of carbonyl (C=O) groups excluding carboxylic acids is 1. The summed E-state index contributed by atoms with van der Waals surface area (Å²) in [5.74, 6) is 0.136. The number of methoxy groups -OCH3 is 1. The van der Waals surface area contributed by atoms with Gasteiger partial charge in [0.1, 0.15) is 6.10 Å². The van der Waals surface area contributed by atoms with Crippen LogP contribution in [0.5, 0.6) is 11.5 Å². The molecule has 9 nitrogen and oxygen atoms in total. The van der Waals surface area contributed by atoms with Gasteiger partial charge in [-0.3, -0.25) is 0 Å². The minimum atomic E-state index is -3.81. The quantitative estimate of drug-likeness (QED) is 0.548. The van der Waals surface area contributed by atoms with E-state index in [-0.39, 0.29) is 29.8 Å². The predicted octanol–water partition coefficient (Wildman–Crippen LogP) is 2.75. The van der Waals surface area contributed by atoms with Crippen molar-refractivity contribution in [1.82, 2.24) is 4.72 Å². The van der Waals surface area contributed by atoms with Crippen LogP contribution in [0.3, 0.4) is 0 Å². The van der Waals surface area contributed by atoms with Crippen molar-refractivity contribution in [2.45, 2.75) is 61.0 Å². The first-order chi connectivity index (χ1) is 17.0. The van der Waals surface area contributed by atoms with Crippen molar-refractivity contribution in [3.05, 3.63) is 54.1 Å². The summed E-state index contributed by atoms with van der Waals surface area (Å²) in [6, 6.07) is 13.1. The highest BCUT2D eigenvalue weighted by molar-refractivity contribution is 7.89. The molecule has 5 rings (SSSR count). The highest BCUT2D eigenvalue weighted by Gasteiger charge is 2.53. The van der Waals surface area contributed by atoms with Gasteiger partial charge in [0.15, 0.2) is 24.4 Å². The summed E-state index contributed by atoms with van der Waals surface area (Å²) in [6.45, 7) is 0.380. The van der Waals surface area contributed by atoms with Crippen LogP contribution in [0.2, 0.25) is 0 Å². The number of para-hydroxylation sites is 1. The van der Waals surface area contributed by atoms with E-state index in [1.54, 1.807) is 42.5 Å². The fourth-order valence-electron chi connectivity index (χ4n) is 5.03. The first kappa shape index (κ1) is 24.1. The second kappa shape index (κ2) is 10.1. The SMILES string of the molecule is COC(=O)COc1cccc2c1OC1CC(OC3CCCCO3)C(NS(=O)(=O)c3ccccc3)C21. The number of hydrogen-bond acceptors (Lipinski definition) is 8. The summed E-state index contributed by atoms with van der Waals surface area (Å²) in [5.41, 5.74) is 0.814. The Hall–Kier alpha value is -2.66. The lowest BCUT2D eigenvalue weighted by atomic mass is 9.94. The lowest BCUT2D eigenvalue weighted by molar-refractivity contribution is -0.190. The van der Waals surface area contributed by atoms with E-state index in [2.05, 4.69) is 9.46 Å². The maximum Gasteiger partial charge on any atom is 0.343 e. The molecule has 1 saturated heterocycles. The minimum absolute atomic E-state index is 0.186. The fraction of sp³-hybridized carbons (Fsp3) is 0.480. The van der Waals surface area contributed by atoms with Crippen molar-refractivity contribution in [3.63, 3.8) is 0 Å². The molecule has 1 saturated carbocycles. The van der Waals surface area contributed by atoms with Crippen molar-refractivity contribution in [2.24, 2.45) is 0 Å². The summed E-state index contributed by atoms with van der Waals surface area (Å²) in [4.78, 5) is 11.7. The minimum Gasteiger partial charge on any atom is -0.485 e. The Morgan fingerprint density at radius 2 is 1.94 bits per heavy atom. The molecule has 1 aliphatic carbocycles. The Balaban J connectivity index is 1.44. The number of benzene rings is 2. The molecule has 2 aromatic rings. The normalized spacial score (nSPS) is 27.5. The zero-order chi connectivity index (χ0) is 24.4. The van der Waals surface area contributed by atoms with Gasteiger partial charge in [-0.05, 0) is 37.5 Å². The topological polar surface area (TPSA) is 109 Å². The molecule has 0 radical (unpaired) electrons. The van der Waals surface area contributed by atoms with Gasteiger partial charge in [-0.2, -0.15) is 0 Å². The third-order valence-corrected chi connectivity index (χ3v) is 8.15. The number of fused-ring (bicyclic) bond motifs is 3. The van der Waals surface area contributed by atoms with Crippen molar-refractivity contribution >= 4 is 16.0 Å². The zero-order valence-corrected chi connectivity index (χ0v) is 20.2. The van der Waals surface area contributed by atoms with E-state index in [4.69, 9.17) is 18.9 Å². The van der Waals surface area contributed by atoms with E-state index in [1.165, 1.54) is 7.11 Å². The number of hydrogen-bond donors (Lipinski definition) is 1. The van der Waals surface area contributed by atoms with Gasteiger partial charge < -0.3 is 23.7 Å². The summed E-state index contributed by atoms with van der Waals surface area (Å²) >= 11 is 0. The van der Waals surface area contributed by atoms with Crippen LogP contribution in [0.15, 0.2) is 53.4 Å². The highest BCUT2D eigenvalue weighted by atomic mass is 32.2. The van der Waals surface area contributed by atoms with Crippen molar-refractivity contribution in [2.75, 3.05) is 20.3 Å². The Labute approximate surface area is 204 Å². The molecule has 2 fully saturated rings. The molecule has 1 N–H and O–H groups in total. The molecule has 188 valence electrons. The van der Waals surface area contributed by atoms with Crippen molar-refractivity contribution < 1.29 is 36.9 Å². The van der Waals surface area contributed by atoms with Gasteiger partial charge in [-0.15, -0.1) is 0 Å². The third-order valence-electron chi connectivity index (χ3n) is 6.67. The fourth-order valence-corrected chi connectivity index (χ4v) is 6.34. The van der Waals surface area contributed by atoms with E-state index in [1.807, 2.05) is 6.07 Å². The first-order valence-corrected chi connectivity index (χ1v) is 13.3. The third kappa shape index (κ3) is 5.02. The van der Waals surface area contributed by atoms with Crippen LogP contribution in [0.4, 0.5) is 0 Å². The maximum absolute atomic E-state index is 13.3. The number of carbonyl (C=O) groups is 1. The average Bonchev–Trinajstić information content (AvgIpc) is 3.40. The maximum atomic E-state index is 13.3. The molecule has 3 aliphatic rings. The molecule has 10 heteroatoms. The van der Waals surface area contributed by atoms with E-state index in [0.717, 1.165) is 24.8 Å². The van der Waals surface area contributed by atoms with Crippen LogP contribution in [0, 0.1) is 0 Å². The van der Waals surface area contributed by atoms with Gasteiger partial charge in [0.2, 0.25) is 10.0 Å². The number of rotatable bonds is 8. The number of esters is 1. The van der Waals surface area contributed by atoms with Gasteiger partial charge in [-0.1, -0.05) is 30.3 Å². The summed E-state index contributed by atoms with van der Waals surface area (Å²) in [6.07, 6.45) is 2.13. The van der Waals surface area contributed by atoms with Crippen LogP contribution in [0.25, 0.3) is 0 Å². The molecule has 5 atom stereocenters. The number of sulfonamides is 1. The smallest absolute Gasteiger partial charge is 0.343 e. The first-order valence-electron chi connectivity index (χ1n) is 11.8. The van der Waals surface area contributed by atoms with Gasteiger partial charge in [0.05, 0.1) is 24.2 Å². The molecule has 0 aromatic heterocycles. The molecule has 2 aliphatic heterocycles. The molecular weight excluding hydrogens is 474 g/mol. The van der Waals surface area contributed by atoms with Crippen LogP contribution >= 0.6 is 0 Å². The van der Waals surface area contributed by atoms with Gasteiger partial charge >= 0.3 is 5.97 Å². The lowest BCUT2D eigenvalue weighted by Gasteiger charge is -2.30. The second-order valence-corrected chi connectivity index (χ2v) is 10.6. The Bertz CT molecular complexity index is 1150. The molecule has 0 amide bonds. The van der Waals surface area contributed by atoms with Gasteiger partial charge in [0, 0.05) is 24.5 Å². The largest absolute Gasteiger partial charge is 0.485 e. The standard InChI is InChI=1S/C25H29NO8S/c1-30-21(27)15-32-18-11-7-10-17-23-19(34-25(17)18)14-20(33-22-12-5-6-13-31-22)24(23)26-35(28,29)16-8-3-2-4-9-16/h2-4,7-11,19-20,22-24,26H,5-6,12-15H2,1H3. The molecule has 5 unspecified atom stereocenters. The molecule has 35 heavy (non-hydrogen) atoms. The van der Waals surface area contributed by atoms with Gasteiger partial charge in [-0.25, -0.2) is 17.9 Å². The molecule has 2 aromatic carbocycles. The van der Waals surface area contributed by atoms with Crippen molar-refractivity contribution in [3.8, 4) is 11.5 Å². The number of nitrogens with one attached hydrogen (secondary N) is 1. The monoisotopic (exact) mass is 503 g/mol. The lowest BCUT2D eigenvalue weighted by Crippen LogP contribution is -2.45.